The van der Waals surface area contributed by atoms with Gasteiger partial charge in [0.25, 0.3) is 0 Å². The van der Waals surface area contributed by atoms with Crippen LogP contribution in [-0.2, 0) is 6.42 Å². The van der Waals surface area contributed by atoms with Gasteiger partial charge < -0.3 is 5.32 Å². The quantitative estimate of drug-likeness (QED) is 0.712. The van der Waals surface area contributed by atoms with Crippen LogP contribution < -0.4 is 5.32 Å². The smallest absolute Gasteiger partial charge is 0.123 e. The van der Waals surface area contributed by atoms with Gasteiger partial charge in [0.1, 0.15) is 5.82 Å². The van der Waals surface area contributed by atoms with Gasteiger partial charge in [-0.25, -0.2) is 4.39 Å². The number of rotatable bonds is 5. The van der Waals surface area contributed by atoms with Crippen LogP contribution in [0.4, 0.5) is 4.39 Å². The van der Waals surface area contributed by atoms with E-state index in [1.807, 2.05) is 13.0 Å². The number of hydrogen-bond acceptors (Lipinski definition) is 1. The minimum Gasteiger partial charge on any atom is -0.316 e. The van der Waals surface area contributed by atoms with Crippen LogP contribution in [0.15, 0.2) is 18.2 Å². The van der Waals surface area contributed by atoms with Crippen LogP contribution in [0.25, 0.3) is 0 Å². The molecule has 0 radical (unpaired) electrons. The Morgan fingerprint density at radius 1 is 1.29 bits per heavy atom. The lowest BCUT2D eigenvalue weighted by Crippen LogP contribution is -2.18. The van der Waals surface area contributed by atoms with E-state index < -0.39 is 0 Å². The molecule has 0 atom stereocenters. The molecule has 0 fully saturated rings. The van der Waals surface area contributed by atoms with E-state index in [4.69, 9.17) is 0 Å². The Kier molecular flexibility index (Phi) is 4.60. The van der Waals surface area contributed by atoms with E-state index in [1.54, 1.807) is 6.07 Å². The van der Waals surface area contributed by atoms with E-state index in [9.17, 15) is 4.39 Å². The average Bonchev–Trinajstić information content (AvgIpc) is 2.15. The topological polar surface area (TPSA) is 12.0 Å². The zero-order chi connectivity index (χ0) is 10.4. The van der Waals surface area contributed by atoms with Crippen molar-refractivity contribution in [3.05, 3.63) is 35.1 Å². The molecular formula is C12H18FN. The Morgan fingerprint density at radius 3 is 2.71 bits per heavy atom. The standard InChI is InChI=1S/C12H18FN/c1-3-7-14-8-6-11-4-5-12(13)9-10(11)2/h4-5,9,14H,3,6-8H2,1-2H3. The first-order chi connectivity index (χ1) is 6.74. The van der Waals surface area contributed by atoms with Crippen molar-refractivity contribution in [2.75, 3.05) is 13.1 Å². The lowest BCUT2D eigenvalue weighted by Gasteiger charge is -2.06. The normalized spacial score (nSPS) is 10.5. The van der Waals surface area contributed by atoms with E-state index in [0.717, 1.165) is 31.5 Å². The van der Waals surface area contributed by atoms with Gasteiger partial charge in [0.05, 0.1) is 0 Å². The molecule has 0 heterocycles. The van der Waals surface area contributed by atoms with Gasteiger partial charge >= 0.3 is 0 Å². The molecule has 0 aliphatic rings. The number of nitrogens with one attached hydrogen (secondary N) is 1. The molecule has 0 unspecified atom stereocenters. The van der Waals surface area contributed by atoms with Gasteiger partial charge in [-0.2, -0.15) is 0 Å². The molecule has 0 saturated heterocycles. The summed E-state index contributed by atoms with van der Waals surface area (Å²) in [4.78, 5) is 0. The predicted molar refractivity (Wildman–Crippen MR) is 58.0 cm³/mol. The van der Waals surface area contributed by atoms with E-state index >= 15 is 0 Å². The van der Waals surface area contributed by atoms with Crippen molar-refractivity contribution in [3.8, 4) is 0 Å². The van der Waals surface area contributed by atoms with Crippen molar-refractivity contribution in [2.45, 2.75) is 26.7 Å². The van der Waals surface area contributed by atoms with E-state index in [0.29, 0.717) is 0 Å². The summed E-state index contributed by atoms with van der Waals surface area (Å²) in [5, 5.41) is 3.33. The zero-order valence-corrected chi connectivity index (χ0v) is 8.94. The molecule has 0 aromatic heterocycles. The fourth-order valence-electron chi connectivity index (χ4n) is 1.46. The Balaban J connectivity index is 2.42. The molecule has 0 bridgehead atoms. The third-order valence-electron chi connectivity index (χ3n) is 2.30. The third kappa shape index (κ3) is 3.46. The second-order valence-corrected chi connectivity index (χ2v) is 3.57. The highest BCUT2D eigenvalue weighted by molar-refractivity contribution is 5.26. The van der Waals surface area contributed by atoms with Crippen LogP contribution in [0.3, 0.4) is 0 Å². The molecule has 0 amide bonds. The van der Waals surface area contributed by atoms with E-state index in [1.165, 1.54) is 11.6 Å². The number of halogens is 1. The Hall–Kier alpha value is -0.890. The molecule has 78 valence electrons. The van der Waals surface area contributed by atoms with Gasteiger partial charge in [-0.3, -0.25) is 0 Å². The highest BCUT2D eigenvalue weighted by Crippen LogP contribution is 2.10. The molecule has 0 saturated carbocycles. The molecule has 0 spiro atoms. The van der Waals surface area contributed by atoms with E-state index in [-0.39, 0.29) is 5.82 Å². The summed E-state index contributed by atoms with van der Waals surface area (Å²) in [7, 11) is 0. The number of hydrogen-bond donors (Lipinski definition) is 1. The second kappa shape index (κ2) is 5.76. The molecular weight excluding hydrogens is 177 g/mol. The minimum atomic E-state index is -0.146. The Bertz CT molecular complexity index is 284. The van der Waals surface area contributed by atoms with Gasteiger partial charge in [-0.05, 0) is 56.1 Å². The zero-order valence-electron chi connectivity index (χ0n) is 8.94. The maximum absolute atomic E-state index is 12.8. The van der Waals surface area contributed by atoms with Gasteiger partial charge in [0.15, 0.2) is 0 Å². The van der Waals surface area contributed by atoms with Crippen molar-refractivity contribution in [3.63, 3.8) is 0 Å². The van der Waals surface area contributed by atoms with Gasteiger partial charge in [0.2, 0.25) is 0 Å². The van der Waals surface area contributed by atoms with Crippen LogP contribution in [-0.4, -0.2) is 13.1 Å². The van der Waals surface area contributed by atoms with Crippen molar-refractivity contribution in [1.29, 1.82) is 0 Å². The van der Waals surface area contributed by atoms with Crippen molar-refractivity contribution >= 4 is 0 Å². The highest BCUT2D eigenvalue weighted by atomic mass is 19.1. The molecule has 1 nitrogen and oxygen atoms in total. The fraction of sp³-hybridized carbons (Fsp3) is 0.500. The SMILES string of the molecule is CCCNCCc1ccc(F)cc1C. The maximum Gasteiger partial charge on any atom is 0.123 e. The monoisotopic (exact) mass is 195 g/mol. The first kappa shape index (κ1) is 11.2. The van der Waals surface area contributed by atoms with Gasteiger partial charge in [-0.1, -0.05) is 13.0 Å². The van der Waals surface area contributed by atoms with Gasteiger partial charge in [0, 0.05) is 0 Å². The first-order valence-electron chi connectivity index (χ1n) is 5.19. The lowest BCUT2D eigenvalue weighted by atomic mass is 10.1. The van der Waals surface area contributed by atoms with Gasteiger partial charge in [-0.15, -0.1) is 0 Å². The van der Waals surface area contributed by atoms with Crippen molar-refractivity contribution in [1.82, 2.24) is 5.32 Å². The summed E-state index contributed by atoms with van der Waals surface area (Å²) in [5.41, 5.74) is 2.28. The molecule has 1 aromatic rings. The summed E-state index contributed by atoms with van der Waals surface area (Å²) >= 11 is 0. The summed E-state index contributed by atoms with van der Waals surface area (Å²) in [6.07, 6.45) is 2.13. The molecule has 1 rings (SSSR count). The summed E-state index contributed by atoms with van der Waals surface area (Å²) in [6.45, 7) is 6.13. The third-order valence-corrected chi connectivity index (χ3v) is 2.30. The van der Waals surface area contributed by atoms with Crippen molar-refractivity contribution in [2.24, 2.45) is 0 Å². The predicted octanol–water partition coefficient (Wildman–Crippen LogP) is 2.68. The molecule has 14 heavy (non-hydrogen) atoms. The Labute approximate surface area is 85.3 Å². The highest BCUT2D eigenvalue weighted by Gasteiger charge is 1.99. The van der Waals surface area contributed by atoms with Crippen LogP contribution >= 0.6 is 0 Å². The maximum atomic E-state index is 12.8. The molecule has 1 N–H and O–H groups in total. The van der Waals surface area contributed by atoms with Crippen LogP contribution in [0.2, 0.25) is 0 Å². The average molecular weight is 195 g/mol. The minimum absolute atomic E-state index is 0.146. The molecule has 0 aliphatic heterocycles. The summed E-state index contributed by atoms with van der Waals surface area (Å²) in [5.74, 6) is -0.146. The molecule has 2 heteroatoms. The number of aryl methyl sites for hydroxylation is 1. The Morgan fingerprint density at radius 2 is 2.07 bits per heavy atom. The molecule has 0 aliphatic carbocycles. The van der Waals surface area contributed by atoms with E-state index in [2.05, 4.69) is 12.2 Å². The van der Waals surface area contributed by atoms with Crippen LogP contribution in [0.5, 0.6) is 0 Å². The summed E-state index contributed by atoms with van der Waals surface area (Å²) < 4.78 is 12.8. The second-order valence-electron chi connectivity index (χ2n) is 3.57. The largest absolute Gasteiger partial charge is 0.316 e. The van der Waals surface area contributed by atoms with Crippen molar-refractivity contribution < 1.29 is 4.39 Å². The lowest BCUT2D eigenvalue weighted by molar-refractivity contribution is 0.624. The fourth-order valence-corrected chi connectivity index (χ4v) is 1.46. The van der Waals surface area contributed by atoms with Crippen LogP contribution in [0.1, 0.15) is 24.5 Å². The molecule has 1 aromatic carbocycles. The summed E-state index contributed by atoms with van der Waals surface area (Å²) in [6, 6.07) is 5.00. The van der Waals surface area contributed by atoms with Crippen LogP contribution in [0, 0.1) is 12.7 Å². The number of benzene rings is 1. The first-order valence-corrected chi connectivity index (χ1v) is 5.19.